The van der Waals surface area contributed by atoms with Gasteiger partial charge in [0.1, 0.15) is 0 Å². The van der Waals surface area contributed by atoms with E-state index in [2.05, 4.69) is 50.5 Å². The van der Waals surface area contributed by atoms with Crippen LogP contribution in [0.1, 0.15) is 63.6 Å². The van der Waals surface area contributed by atoms with Crippen molar-refractivity contribution >= 4 is 0 Å². The third-order valence-electron chi connectivity index (χ3n) is 3.47. The molecule has 0 fully saturated rings. The van der Waals surface area contributed by atoms with Gasteiger partial charge < -0.3 is 4.74 Å². The molecule has 0 aromatic heterocycles. The van der Waals surface area contributed by atoms with Gasteiger partial charge in [0.2, 0.25) is 0 Å². The number of rotatable bonds is 8. The van der Waals surface area contributed by atoms with Crippen LogP contribution in [0, 0.1) is 0 Å². The average molecular weight is 264 g/mol. The van der Waals surface area contributed by atoms with Gasteiger partial charge in [-0.1, -0.05) is 51.5 Å². The van der Waals surface area contributed by atoms with Gasteiger partial charge in [0.05, 0.1) is 12.1 Å². The first-order chi connectivity index (χ1) is 9.13. The summed E-state index contributed by atoms with van der Waals surface area (Å²) in [4.78, 5) is 0. The van der Waals surface area contributed by atoms with Crippen LogP contribution in [0.3, 0.4) is 0 Å². The summed E-state index contributed by atoms with van der Waals surface area (Å²) in [6.45, 7) is 9.31. The summed E-state index contributed by atoms with van der Waals surface area (Å²) < 4.78 is 5.83. The zero-order valence-electron chi connectivity index (χ0n) is 12.6. The average Bonchev–Trinajstić information content (AvgIpc) is 2.40. The van der Waals surface area contributed by atoms with E-state index in [9.17, 15) is 0 Å². The van der Waals surface area contributed by atoms with Crippen molar-refractivity contribution in [1.82, 2.24) is 5.43 Å². The van der Waals surface area contributed by atoms with Crippen LogP contribution in [0.4, 0.5) is 0 Å². The fourth-order valence-electron chi connectivity index (χ4n) is 2.35. The normalized spacial score (nSPS) is 14.6. The molecule has 0 aliphatic carbocycles. The van der Waals surface area contributed by atoms with Crippen LogP contribution >= 0.6 is 0 Å². The lowest BCUT2D eigenvalue weighted by atomic mass is 9.95. The van der Waals surface area contributed by atoms with E-state index in [0.717, 1.165) is 12.8 Å². The number of ether oxygens (including phenoxy) is 1. The number of hydrogen-bond acceptors (Lipinski definition) is 3. The van der Waals surface area contributed by atoms with Crippen molar-refractivity contribution in [3.05, 3.63) is 35.4 Å². The van der Waals surface area contributed by atoms with Crippen LogP contribution in [0.25, 0.3) is 0 Å². The SMILES string of the molecule is CCCC(OCC)C(NN)c1ccc(C(C)C)cc1. The van der Waals surface area contributed by atoms with Crippen molar-refractivity contribution in [2.75, 3.05) is 6.61 Å². The van der Waals surface area contributed by atoms with Gasteiger partial charge in [-0.2, -0.15) is 0 Å². The second-order valence-electron chi connectivity index (χ2n) is 5.25. The molecule has 1 rings (SSSR count). The second kappa shape index (κ2) is 8.31. The molecule has 2 atom stereocenters. The summed E-state index contributed by atoms with van der Waals surface area (Å²) in [6.07, 6.45) is 2.23. The Hall–Kier alpha value is -0.900. The highest BCUT2D eigenvalue weighted by atomic mass is 16.5. The maximum absolute atomic E-state index is 5.83. The van der Waals surface area contributed by atoms with Crippen LogP contribution in [-0.2, 0) is 4.74 Å². The van der Waals surface area contributed by atoms with E-state index in [0.29, 0.717) is 12.5 Å². The van der Waals surface area contributed by atoms with E-state index >= 15 is 0 Å². The minimum atomic E-state index is 0.0566. The fraction of sp³-hybridized carbons (Fsp3) is 0.625. The molecule has 108 valence electrons. The Kier molecular flexibility index (Phi) is 7.06. The molecule has 0 bridgehead atoms. The molecule has 0 amide bonds. The number of nitrogens with one attached hydrogen (secondary N) is 1. The van der Waals surface area contributed by atoms with E-state index in [1.165, 1.54) is 11.1 Å². The third kappa shape index (κ3) is 4.60. The summed E-state index contributed by atoms with van der Waals surface area (Å²) >= 11 is 0. The predicted molar refractivity (Wildman–Crippen MR) is 80.9 cm³/mol. The Morgan fingerprint density at radius 2 is 1.68 bits per heavy atom. The van der Waals surface area contributed by atoms with Crippen molar-refractivity contribution in [3.8, 4) is 0 Å². The molecule has 3 nitrogen and oxygen atoms in total. The first kappa shape index (κ1) is 16.2. The second-order valence-corrected chi connectivity index (χ2v) is 5.25. The van der Waals surface area contributed by atoms with Crippen LogP contribution < -0.4 is 11.3 Å². The van der Waals surface area contributed by atoms with Crippen molar-refractivity contribution in [2.24, 2.45) is 5.84 Å². The number of benzene rings is 1. The highest BCUT2D eigenvalue weighted by Crippen LogP contribution is 2.24. The Balaban J connectivity index is 2.87. The Bertz CT molecular complexity index is 342. The van der Waals surface area contributed by atoms with Gasteiger partial charge in [-0.3, -0.25) is 11.3 Å². The van der Waals surface area contributed by atoms with Gasteiger partial charge in [0, 0.05) is 6.61 Å². The largest absolute Gasteiger partial charge is 0.376 e. The Morgan fingerprint density at radius 3 is 2.11 bits per heavy atom. The molecule has 0 saturated heterocycles. The smallest absolute Gasteiger partial charge is 0.0782 e. The lowest BCUT2D eigenvalue weighted by Crippen LogP contribution is -2.38. The van der Waals surface area contributed by atoms with Crippen LogP contribution in [0.15, 0.2) is 24.3 Å². The Morgan fingerprint density at radius 1 is 1.11 bits per heavy atom. The summed E-state index contributed by atoms with van der Waals surface area (Å²) in [5.41, 5.74) is 5.46. The highest BCUT2D eigenvalue weighted by Gasteiger charge is 2.21. The molecule has 2 unspecified atom stereocenters. The zero-order valence-corrected chi connectivity index (χ0v) is 12.6. The molecule has 0 aliphatic heterocycles. The van der Waals surface area contributed by atoms with Gasteiger partial charge >= 0.3 is 0 Å². The van der Waals surface area contributed by atoms with Gasteiger partial charge in [-0.05, 0) is 30.4 Å². The van der Waals surface area contributed by atoms with Gasteiger partial charge in [-0.25, -0.2) is 0 Å². The number of nitrogens with two attached hydrogens (primary N) is 1. The van der Waals surface area contributed by atoms with Gasteiger partial charge in [0.25, 0.3) is 0 Å². The van der Waals surface area contributed by atoms with Gasteiger partial charge in [0.15, 0.2) is 0 Å². The summed E-state index contributed by atoms with van der Waals surface area (Å²) in [6, 6.07) is 8.72. The number of hydrogen-bond donors (Lipinski definition) is 2. The minimum absolute atomic E-state index is 0.0566. The minimum Gasteiger partial charge on any atom is -0.376 e. The molecule has 3 N–H and O–H groups in total. The first-order valence-corrected chi connectivity index (χ1v) is 7.31. The Labute approximate surface area is 117 Å². The molecule has 0 heterocycles. The predicted octanol–water partition coefficient (Wildman–Crippen LogP) is 3.52. The molecule has 19 heavy (non-hydrogen) atoms. The van der Waals surface area contributed by atoms with Crippen molar-refractivity contribution in [1.29, 1.82) is 0 Å². The molecule has 0 saturated carbocycles. The first-order valence-electron chi connectivity index (χ1n) is 7.31. The molecule has 1 aromatic carbocycles. The maximum Gasteiger partial charge on any atom is 0.0782 e. The summed E-state index contributed by atoms with van der Waals surface area (Å²) in [5.74, 6) is 6.29. The van der Waals surface area contributed by atoms with E-state index in [1.807, 2.05) is 6.92 Å². The molecule has 3 heteroatoms. The maximum atomic E-state index is 5.83. The molecule has 0 spiro atoms. The topological polar surface area (TPSA) is 47.3 Å². The summed E-state index contributed by atoms with van der Waals surface area (Å²) in [5, 5.41) is 0. The van der Waals surface area contributed by atoms with Crippen LogP contribution in [0.2, 0.25) is 0 Å². The summed E-state index contributed by atoms with van der Waals surface area (Å²) in [7, 11) is 0. The van der Waals surface area contributed by atoms with E-state index in [-0.39, 0.29) is 12.1 Å². The molecular weight excluding hydrogens is 236 g/mol. The highest BCUT2D eigenvalue weighted by molar-refractivity contribution is 5.27. The molecule has 1 aromatic rings. The molecular formula is C16H28N2O. The lowest BCUT2D eigenvalue weighted by Gasteiger charge is -2.27. The van der Waals surface area contributed by atoms with Gasteiger partial charge in [-0.15, -0.1) is 0 Å². The van der Waals surface area contributed by atoms with Crippen molar-refractivity contribution in [3.63, 3.8) is 0 Å². The molecule has 0 radical (unpaired) electrons. The standard InChI is InChI=1S/C16H28N2O/c1-5-7-15(19-6-2)16(18-17)14-10-8-13(9-11-14)12(3)4/h8-12,15-16,18H,5-7,17H2,1-4H3. The quantitative estimate of drug-likeness (QED) is 0.558. The zero-order chi connectivity index (χ0) is 14.3. The van der Waals surface area contributed by atoms with Crippen molar-refractivity contribution < 1.29 is 4.74 Å². The fourth-order valence-corrected chi connectivity index (χ4v) is 2.35. The van der Waals surface area contributed by atoms with E-state index in [1.54, 1.807) is 0 Å². The van der Waals surface area contributed by atoms with E-state index in [4.69, 9.17) is 10.6 Å². The molecule has 0 aliphatic rings. The number of hydrazine groups is 1. The third-order valence-corrected chi connectivity index (χ3v) is 3.47. The monoisotopic (exact) mass is 264 g/mol. The van der Waals surface area contributed by atoms with Crippen LogP contribution in [0.5, 0.6) is 0 Å². The lowest BCUT2D eigenvalue weighted by molar-refractivity contribution is 0.0276. The van der Waals surface area contributed by atoms with Crippen LogP contribution in [-0.4, -0.2) is 12.7 Å². The van der Waals surface area contributed by atoms with E-state index < -0.39 is 0 Å². The van der Waals surface area contributed by atoms with Crippen molar-refractivity contribution in [2.45, 2.75) is 58.6 Å².